The third-order valence-electron chi connectivity index (χ3n) is 3.77. The molecule has 0 spiro atoms. The van der Waals surface area contributed by atoms with Crippen molar-refractivity contribution in [3.8, 4) is 0 Å². The lowest BCUT2D eigenvalue weighted by molar-refractivity contribution is 0.624. The Hall–Kier alpha value is -1.31. The maximum absolute atomic E-state index is 6.29. The molecule has 0 aliphatic carbocycles. The molecule has 0 aliphatic rings. The van der Waals surface area contributed by atoms with Crippen LogP contribution in [0, 0.1) is 20.8 Å². The van der Waals surface area contributed by atoms with Crippen LogP contribution in [0.4, 0.5) is 0 Å². The number of halogens is 1. The number of hydrogen-bond acceptors (Lipinski definition) is 1. The van der Waals surface area contributed by atoms with Crippen LogP contribution in [0.5, 0.6) is 0 Å². The monoisotopic (exact) mass is 287 g/mol. The van der Waals surface area contributed by atoms with Gasteiger partial charge >= 0.3 is 0 Å². The van der Waals surface area contributed by atoms with Gasteiger partial charge in [-0.15, -0.1) is 0 Å². The van der Waals surface area contributed by atoms with E-state index >= 15 is 0 Å². The lowest BCUT2D eigenvalue weighted by Gasteiger charge is -2.23. The smallest absolute Gasteiger partial charge is 0.0582 e. The number of rotatable bonds is 4. The Kier molecular flexibility index (Phi) is 4.85. The molecule has 0 amide bonds. The first-order valence-corrected chi connectivity index (χ1v) is 7.48. The largest absolute Gasteiger partial charge is 0.307 e. The van der Waals surface area contributed by atoms with Crippen LogP contribution in [0.3, 0.4) is 0 Å². The molecule has 0 bridgehead atoms. The molecule has 2 rings (SSSR count). The van der Waals surface area contributed by atoms with E-state index in [0.29, 0.717) is 0 Å². The molecule has 1 unspecified atom stereocenters. The molecule has 0 saturated carbocycles. The van der Waals surface area contributed by atoms with Gasteiger partial charge in [-0.25, -0.2) is 0 Å². The molecule has 2 aromatic carbocycles. The van der Waals surface area contributed by atoms with Crippen LogP contribution < -0.4 is 5.32 Å². The van der Waals surface area contributed by atoms with Crippen LogP contribution in [0.1, 0.15) is 40.8 Å². The van der Waals surface area contributed by atoms with E-state index in [1.54, 1.807) is 0 Å². The summed E-state index contributed by atoms with van der Waals surface area (Å²) in [6.07, 6.45) is 0. The minimum absolute atomic E-state index is 0.193. The van der Waals surface area contributed by atoms with E-state index in [-0.39, 0.29) is 6.04 Å². The van der Waals surface area contributed by atoms with Crippen LogP contribution in [0.15, 0.2) is 36.4 Å². The molecule has 0 aliphatic heterocycles. The molecular weight excluding hydrogens is 266 g/mol. The molecule has 0 fully saturated rings. The Bertz CT molecular complexity index is 602. The van der Waals surface area contributed by atoms with Crippen LogP contribution in [-0.4, -0.2) is 6.54 Å². The third kappa shape index (κ3) is 3.05. The molecule has 2 aromatic rings. The van der Waals surface area contributed by atoms with Gasteiger partial charge in [-0.3, -0.25) is 0 Å². The Balaban J connectivity index is 2.56. The summed E-state index contributed by atoms with van der Waals surface area (Å²) < 4.78 is 0. The van der Waals surface area contributed by atoms with E-state index in [9.17, 15) is 0 Å². The van der Waals surface area contributed by atoms with Crippen molar-refractivity contribution in [3.05, 3.63) is 69.2 Å². The minimum Gasteiger partial charge on any atom is -0.307 e. The van der Waals surface area contributed by atoms with E-state index in [0.717, 1.165) is 17.1 Å². The van der Waals surface area contributed by atoms with Gasteiger partial charge < -0.3 is 5.32 Å². The molecule has 1 atom stereocenters. The van der Waals surface area contributed by atoms with Gasteiger partial charge in [0.1, 0.15) is 0 Å². The zero-order valence-corrected chi connectivity index (χ0v) is 13.4. The molecular formula is C18H22ClN. The third-order valence-corrected chi connectivity index (χ3v) is 4.18. The van der Waals surface area contributed by atoms with Gasteiger partial charge in [0.25, 0.3) is 0 Å². The highest BCUT2D eigenvalue weighted by Crippen LogP contribution is 2.30. The van der Waals surface area contributed by atoms with E-state index < -0.39 is 0 Å². The van der Waals surface area contributed by atoms with Gasteiger partial charge in [0.15, 0.2) is 0 Å². The highest BCUT2D eigenvalue weighted by atomic mass is 35.5. The number of nitrogens with one attached hydrogen (secondary N) is 1. The Morgan fingerprint density at radius 2 is 1.80 bits per heavy atom. The van der Waals surface area contributed by atoms with E-state index in [4.69, 9.17) is 11.6 Å². The lowest BCUT2D eigenvalue weighted by Crippen LogP contribution is -2.23. The molecule has 0 aromatic heterocycles. The van der Waals surface area contributed by atoms with Crippen molar-refractivity contribution in [2.45, 2.75) is 33.7 Å². The second-order valence-corrected chi connectivity index (χ2v) is 5.71. The fourth-order valence-corrected chi connectivity index (χ4v) is 2.78. The van der Waals surface area contributed by atoms with Crippen LogP contribution >= 0.6 is 11.6 Å². The van der Waals surface area contributed by atoms with Gasteiger partial charge in [-0.1, -0.05) is 54.4 Å². The van der Waals surface area contributed by atoms with Crippen LogP contribution in [0.2, 0.25) is 5.02 Å². The molecule has 2 heteroatoms. The van der Waals surface area contributed by atoms with Crippen molar-refractivity contribution in [3.63, 3.8) is 0 Å². The highest BCUT2D eigenvalue weighted by Gasteiger charge is 2.18. The van der Waals surface area contributed by atoms with Crippen molar-refractivity contribution in [2.75, 3.05) is 6.54 Å². The summed E-state index contributed by atoms with van der Waals surface area (Å²) in [5.41, 5.74) is 6.33. The predicted octanol–water partition coefficient (Wildman–Crippen LogP) is 4.96. The van der Waals surface area contributed by atoms with E-state index in [1.807, 2.05) is 12.1 Å². The Morgan fingerprint density at radius 3 is 2.50 bits per heavy atom. The Labute approximate surface area is 127 Å². The van der Waals surface area contributed by atoms with Crippen molar-refractivity contribution >= 4 is 11.6 Å². The average Bonchev–Trinajstić information content (AvgIpc) is 2.43. The van der Waals surface area contributed by atoms with Crippen molar-refractivity contribution < 1.29 is 0 Å². The standard InChI is InChI=1S/C18H22ClN/c1-5-20-18(15-7-6-8-17(19)14(15)4)16-11-12(2)9-10-13(16)3/h6-11,18,20H,5H2,1-4H3. The molecule has 106 valence electrons. The summed E-state index contributed by atoms with van der Waals surface area (Å²) in [5.74, 6) is 0. The molecule has 0 heterocycles. The zero-order valence-electron chi connectivity index (χ0n) is 12.6. The lowest BCUT2D eigenvalue weighted by atomic mass is 9.91. The highest BCUT2D eigenvalue weighted by molar-refractivity contribution is 6.31. The molecule has 1 N–H and O–H groups in total. The van der Waals surface area contributed by atoms with Gasteiger partial charge in [-0.2, -0.15) is 0 Å². The first-order chi connectivity index (χ1) is 9.54. The maximum Gasteiger partial charge on any atom is 0.0582 e. The maximum atomic E-state index is 6.29. The second-order valence-electron chi connectivity index (χ2n) is 5.30. The topological polar surface area (TPSA) is 12.0 Å². The normalized spacial score (nSPS) is 12.4. The number of hydrogen-bond donors (Lipinski definition) is 1. The van der Waals surface area contributed by atoms with E-state index in [2.05, 4.69) is 57.3 Å². The van der Waals surface area contributed by atoms with Gasteiger partial charge in [-0.05, 0) is 55.6 Å². The van der Waals surface area contributed by atoms with E-state index in [1.165, 1.54) is 22.3 Å². The average molecular weight is 288 g/mol. The first-order valence-electron chi connectivity index (χ1n) is 7.10. The molecule has 0 radical (unpaired) electrons. The quantitative estimate of drug-likeness (QED) is 0.838. The van der Waals surface area contributed by atoms with Gasteiger partial charge in [0, 0.05) is 5.02 Å². The number of aryl methyl sites for hydroxylation is 2. The van der Waals surface area contributed by atoms with Crippen LogP contribution in [0.25, 0.3) is 0 Å². The summed E-state index contributed by atoms with van der Waals surface area (Å²) in [5, 5.41) is 4.42. The summed E-state index contributed by atoms with van der Waals surface area (Å²) in [6, 6.07) is 13.0. The second kappa shape index (κ2) is 6.43. The summed E-state index contributed by atoms with van der Waals surface area (Å²) in [6.45, 7) is 9.45. The van der Waals surface area contributed by atoms with Gasteiger partial charge in [0.2, 0.25) is 0 Å². The predicted molar refractivity (Wildman–Crippen MR) is 87.6 cm³/mol. The fourth-order valence-electron chi connectivity index (χ4n) is 2.60. The Morgan fingerprint density at radius 1 is 1.05 bits per heavy atom. The van der Waals surface area contributed by atoms with Crippen molar-refractivity contribution in [2.24, 2.45) is 0 Å². The first kappa shape index (κ1) is 15.1. The summed E-state index contributed by atoms with van der Waals surface area (Å²) >= 11 is 6.29. The molecule has 0 saturated heterocycles. The van der Waals surface area contributed by atoms with Crippen molar-refractivity contribution in [1.82, 2.24) is 5.32 Å². The number of benzene rings is 2. The summed E-state index contributed by atoms with van der Waals surface area (Å²) in [4.78, 5) is 0. The fraction of sp³-hybridized carbons (Fsp3) is 0.333. The SMILES string of the molecule is CCNC(c1cc(C)ccc1C)c1cccc(Cl)c1C. The van der Waals surface area contributed by atoms with Crippen molar-refractivity contribution in [1.29, 1.82) is 0 Å². The molecule has 20 heavy (non-hydrogen) atoms. The minimum atomic E-state index is 0.193. The van der Waals surface area contributed by atoms with Gasteiger partial charge in [0.05, 0.1) is 6.04 Å². The summed E-state index contributed by atoms with van der Waals surface area (Å²) in [7, 11) is 0. The van der Waals surface area contributed by atoms with Crippen LogP contribution in [-0.2, 0) is 0 Å². The molecule has 1 nitrogen and oxygen atoms in total. The zero-order chi connectivity index (χ0) is 14.7.